The molecule has 0 fully saturated rings. The fourth-order valence-electron chi connectivity index (χ4n) is 2.47. The van der Waals surface area contributed by atoms with Gasteiger partial charge in [-0.25, -0.2) is 4.39 Å². The molecule has 0 aromatic heterocycles. The molecule has 1 atom stereocenters. The van der Waals surface area contributed by atoms with Gasteiger partial charge in [-0.1, -0.05) is 29.8 Å². The van der Waals surface area contributed by atoms with E-state index in [0.717, 1.165) is 22.3 Å². The Balaban J connectivity index is 2.53. The first kappa shape index (κ1) is 15.0. The summed E-state index contributed by atoms with van der Waals surface area (Å²) < 4.78 is 14.2. The predicted molar refractivity (Wildman–Crippen MR) is 83.8 cm³/mol. The van der Waals surface area contributed by atoms with Gasteiger partial charge in [0.15, 0.2) is 0 Å². The predicted octanol–water partition coefficient (Wildman–Crippen LogP) is 5.04. The van der Waals surface area contributed by atoms with Gasteiger partial charge < -0.3 is 5.32 Å². The SMILES string of the molecule is CNC(C)c1ccc(-c2c(C)cc(C)cc2F)cc1Cl. The van der Waals surface area contributed by atoms with Crippen molar-refractivity contribution in [1.29, 1.82) is 0 Å². The molecule has 1 nitrogen and oxygen atoms in total. The maximum absolute atomic E-state index is 14.2. The first-order valence-electron chi connectivity index (χ1n) is 6.68. The van der Waals surface area contributed by atoms with Crippen molar-refractivity contribution in [3.63, 3.8) is 0 Å². The lowest BCUT2D eigenvalue weighted by Crippen LogP contribution is -2.12. The fourth-order valence-corrected chi connectivity index (χ4v) is 2.81. The van der Waals surface area contributed by atoms with Crippen LogP contribution in [0.5, 0.6) is 0 Å². The van der Waals surface area contributed by atoms with E-state index in [1.165, 1.54) is 0 Å². The van der Waals surface area contributed by atoms with Crippen molar-refractivity contribution in [1.82, 2.24) is 5.32 Å². The quantitative estimate of drug-likeness (QED) is 0.835. The van der Waals surface area contributed by atoms with E-state index in [1.807, 2.05) is 52.1 Å². The zero-order chi connectivity index (χ0) is 14.9. The average molecular weight is 292 g/mol. The highest BCUT2D eigenvalue weighted by atomic mass is 35.5. The minimum atomic E-state index is -0.201. The third-order valence-electron chi connectivity index (χ3n) is 3.62. The zero-order valence-corrected chi connectivity index (χ0v) is 13.0. The zero-order valence-electron chi connectivity index (χ0n) is 12.2. The lowest BCUT2D eigenvalue weighted by atomic mass is 9.96. The summed E-state index contributed by atoms with van der Waals surface area (Å²) in [6, 6.07) is 9.43. The van der Waals surface area contributed by atoms with Crippen molar-refractivity contribution < 1.29 is 4.39 Å². The Bertz CT molecular complexity index is 614. The van der Waals surface area contributed by atoms with Gasteiger partial charge >= 0.3 is 0 Å². The summed E-state index contributed by atoms with van der Waals surface area (Å²) in [5.74, 6) is -0.201. The van der Waals surface area contributed by atoms with Gasteiger partial charge in [-0.05, 0) is 62.2 Å². The highest BCUT2D eigenvalue weighted by Gasteiger charge is 2.13. The molecule has 2 aromatic rings. The van der Waals surface area contributed by atoms with E-state index in [-0.39, 0.29) is 11.9 Å². The largest absolute Gasteiger partial charge is 0.313 e. The van der Waals surface area contributed by atoms with Crippen molar-refractivity contribution >= 4 is 11.6 Å². The second-order valence-electron chi connectivity index (χ2n) is 5.19. The summed E-state index contributed by atoms with van der Waals surface area (Å²) in [5.41, 5.74) is 4.31. The molecule has 3 heteroatoms. The standard InChI is InChI=1S/C17H19ClFN/c1-10-7-11(2)17(16(19)8-10)13-5-6-14(12(3)20-4)15(18)9-13/h5-9,12,20H,1-4H3. The van der Waals surface area contributed by atoms with Crippen LogP contribution < -0.4 is 5.32 Å². The fraction of sp³-hybridized carbons (Fsp3) is 0.294. The number of hydrogen-bond acceptors (Lipinski definition) is 1. The van der Waals surface area contributed by atoms with Crippen LogP contribution in [0.3, 0.4) is 0 Å². The van der Waals surface area contributed by atoms with Gasteiger partial charge in [0, 0.05) is 16.6 Å². The number of hydrogen-bond donors (Lipinski definition) is 1. The molecule has 20 heavy (non-hydrogen) atoms. The normalized spacial score (nSPS) is 12.5. The number of nitrogens with one attached hydrogen (secondary N) is 1. The molecule has 0 spiro atoms. The Kier molecular flexibility index (Phi) is 4.46. The summed E-state index contributed by atoms with van der Waals surface area (Å²) in [5, 5.41) is 3.81. The van der Waals surface area contributed by atoms with Crippen molar-refractivity contribution in [3.8, 4) is 11.1 Å². The molecule has 2 aromatic carbocycles. The van der Waals surface area contributed by atoms with E-state index in [1.54, 1.807) is 6.07 Å². The molecular weight excluding hydrogens is 273 g/mol. The molecule has 0 radical (unpaired) electrons. The van der Waals surface area contributed by atoms with Crippen LogP contribution in [-0.2, 0) is 0 Å². The van der Waals surface area contributed by atoms with Gasteiger partial charge in [0.05, 0.1) is 0 Å². The maximum Gasteiger partial charge on any atom is 0.131 e. The highest BCUT2D eigenvalue weighted by Crippen LogP contribution is 2.32. The van der Waals surface area contributed by atoms with Gasteiger partial charge in [0.25, 0.3) is 0 Å². The molecule has 0 amide bonds. The van der Waals surface area contributed by atoms with Crippen molar-refractivity contribution in [3.05, 3.63) is 57.9 Å². The summed E-state index contributed by atoms with van der Waals surface area (Å²) >= 11 is 6.33. The Morgan fingerprint density at radius 1 is 1.15 bits per heavy atom. The van der Waals surface area contributed by atoms with E-state index in [4.69, 9.17) is 11.6 Å². The molecule has 0 saturated heterocycles. The number of benzene rings is 2. The van der Waals surface area contributed by atoms with Crippen LogP contribution in [0.1, 0.15) is 29.7 Å². The number of aryl methyl sites for hydroxylation is 2. The van der Waals surface area contributed by atoms with Crippen LogP contribution in [0.4, 0.5) is 4.39 Å². The van der Waals surface area contributed by atoms with E-state index in [0.29, 0.717) is 10.6 Å². The van der Waals surface area contributed by atoms with Gasteiger partial charge in [-0.15, -0.1) is 0 Å². The molecule has 0 aliphatic rings. The molecule has 1 unspecified atom stereocenters. The molecule has 0 bridgehead atoms. The average Bonchev–Trinajstić information content (AvgIpc) is 2.37. The molecule has 1 N–H and O–H groups in total. The number of rotatable bonds is 3. The van der Waals surface area contributed by atoms with Crippen LogP contribution in [-0.4, -0.2) is 7.05 Å². The first-order valence-corrected chi connectivity index (χ1v) is 7.05. The second-order valence-corrected chi connectivity index (χ2v) is 5.59. The van der Waals surface area contributed by atoms with Crippen LogP contribution >= 0.6 is 11.6 Å². The van der Waals surface area contributed by atoms with E-state index >= 15 is 0 Å². The van der Waals surface area contributed by atoms with Crippen molar-refractivity contribution in [2.75, 3.05) is 7.05 Å². The first-order chi connectivity index (χ1) is 9.43. The Morgan fingerprint density at radius 2 is 1.85 bits per heavy atom. The smallest absolute Gasteiger partial charge is 0.131 e. The van der Waals surface area contributed by atoms with E-state index in [9.17, 15) is 4.39 Å². The van der Waals surface area contributed by atoms with Gasteiger partial charge in [-0.2, -0.15) is 0 Å². The highest BCUT2D eigenvalue weighted by molar-refractivity contribution is 6.31. The molecule has 0 aliphatic heterocycles. The van der Waals surface area contributed by atoms with Crippen molar-refractivity contribution in [2.24, 2.45) is 0 Å². The minimum Gasteiger partial charge on any atom is -0.313 e. The summed E-state index contributed by atoms with van der Waals surface area (Å²) in [4.78, 5) is 0. The lowest BCUT2D eigenvalue weighted by Gasteiger charge is -2.15. The maximum atomic E-state index is 14.2. The van der Waals surface area contributed by atoms with Crippen LogP contribution in [0.25, 0.3) is 11.1 Å². The molecular formula is C17H19ClFN. The molecule has 0 saturated carbocycles. The van der Waals surface area contributed by atoms with Gasteiger partial charge in [-0.3, -0.25) is 0 Å². The number of halogens is 2. The van der Waals surface area contributed by atoms with Crippen LogP contribution in [0, 0.1) is 19.7 Å². The van der Waals surface area contributed by atoms with Crippen molar-refractivity contribution in [2.45, 2.75) is 26.8 Å². The molecule has 2 rings (SSSR count). The summed E-state index contributed by atoms with van der Waals surface area (Å²) in [7, 11) is 1.89. The molecule has 106 valence electrons. The topological polar surface area (TPSA) is 12.0 Å². The summed E-state index contributed by atoms with van der Waals surface area (Å²) in [6.45, 7) is 5.85. The van der Waals surface area contributed by atoms with Crippen LogP contribution in [0.15, 0.2) is 30.3 Å². The van der Waals surface area contributed by atoms with Gasteiger partial charge in [0.2, 0.25) is 0 Å². The Morgan fingerprint density at radius 3 is 2.40 bits per heavy atom. The Labute approximate surface area is 124 Å². The third-order valence-corrected chi connectivity index (χ3v) is 3.95. The van der Waals surface area contributed by atoms with Gasteiger partial charge in [0.1, 0.15) is 5.82 Å². The van der Waals surface area contributed by atoms with Crippen LogP contribution in [0.2, 0.25) is 5.02 Å². The summed E-state index contributed by atoms with van der Waals surface area (Å²) in [6.07, 6.45) is 0. The molecule has 0 aliphatic carbocycles. The minimum absolute atomic E-state index is 0.167. The van der Waals surface area contributed by atoms with E-state index in [2.05, 4.69) is 5.32 Å². The third kappa shape index (κ3) is 2.87. The molecule has 0 heterocycles. The second kappa shape index (κ2) is 5.94. The van der Waals surface area contributed by atoms with E-state index < -0.39 is 0 Å². The Hall–Kier alpha value is -1.38. The lowest BCUT2D eigenvalue weighted by molar-refractivity contribution is 0.629. The monoisotopic (exact) mass is 291 g/mol.